The first-order valence-corrected chi connectivity index (χ1v) is 7.94. The van der Waals surface area contributed by atoms with Gasteiger partial charge in [0.25, 0.3) is 5.89 Å². The van der Waals surface area contributed by atoms with Crippen molar-refractivity contribution in [2.24, 2.45) is 11.7 Å². The van der Waals surface area contributed by atoms with Gasteiger partial charge in [0, 0.05) is 12.6 Å². The molecule has 0 aliphatic carbocycles. The van der Waals surface area contributed by atoms with Gasteiger partial charge in [0.2, 0.25) is 5.89 Å². The predicted molar refractivity (Wildman–Crippen MR) is 79.3 cm³/mol. The highest BCUT2D eigenvalue weighted by Crippen LogP contribution is 2.26. The number of thiophene rings is 1. The summed E-state index contributed by atoms with van der Waals surface area (Å²) in [5.74, 6) is 2.05. The van der Waals surface area contributed by atoms with Crippen LogP contribution in [0.15, 0.2) is 21.9 Å². The molecule has 2 N–H and O–H groups in total. The van der Waals surface area contributed by atoms with Gasteiger partial charge in [-0.25, -0.2) is 0 Å². The van der Waals surface area contributed by atoms with Crippen LogP contribution in [0, 0.1) is 5.92 Å². The molecule has 2 atom stereocenters. The maximum absolute atomic E-state index is 5.89. The lowest BCUT2D eigenvalue weighted by Gasteiger charge is -2.36. The van der Waals surface area contributed by atoms with Gasteiger partial charge in [-0.05, 0) is 36.8 Å². The number of hydrogen-bond donors (Lipinski definition) is 1. The van der Waals surface area contributed by atoms with Crippen molar-refractivity contribution in [3.05, 3.63) is 23.4 Å². The molecule has 1 saturated heterocycles. The molecule has 0 radical (unpaired) electrons. The highest BCUT2D eigenvalue weighted by atomic mass is 32.1. The van der Waals surface area contributed by atoms with Crippen LogP contribution >= 0.6 is 11.3 Å². The van der Waals surface area contributed by atoms with Crippen LogP contribution in [0.2, 0.25) is 0 Å². The number of nitrogens with zero attached hydrogens (tertiary/aromatic N) is 3. The van der Waals surface area contributed by atoms with E-state index in [1.807, 2.05) is 17.5 Å². The number of likely N-dealkylation sites (tertiary alicyclic amines) is 1. The molecular weight excluding hydrogens is 272 g/mol. The van der Waals surface area contributed by atoms with E-state index in [4.69, 9.17) is 10.2 Å². The van der Waals surface area contributed by atoms with Gasteiger partial charge in [-0.1, -0.05) is 13.0 Å². The maximum atomic E-state index is 5.89. The van der Waals surface area contributed by atoms with Crippen LogP contribution in [-0.4, -0.2) is 34.2 Å². The van der Waals surface area contributed by atoms with Crippen molar-refractivity contribution in [2.45, 2.75) is 32.4 Å². The first-order chi connectivity index (χ1) is 9.76. The van der Waals surface area contributed by atoms with Gasteiger partial charge in [0.1, 0.15) is 0 Å². The molecule has 1 fully saturated rings. The zero-order valence-electron chi connectivity index (χ0n) is 11.7. The number of rotatable bonds is 4. The van der Waals surface area contributed by atoms with E-state index in [0.717, 1.165) is 23.8 Å². The molecule has 0 bridgehead atoms. The predicted octanol–water partition coefficient (Wildman–Crippen LogP) is 2.36. The van der Waals surface area contributed by atoms with Gasteiger partial charge >= 0.3 is 0 Å². The van der Waals surface area contributed by atoms with Crippen LogP contribution in [0.25, 0.3) is 10.8 Å². The number of aromatic nitrogens is 2. The van der Waals surface area contributed by atoms with E-state index in [2.05, 4.69) is 22.0 Å². The van der Waals surface area contributed by atoms with Crippen molar-refractivity contribution in [1.29, 1.82) is 0 Å². The summed E-state index contributed by atoms with van der Waals surface area (Å²) in [5, 5.41) is 10.3. The number of hydrogen-bond acceptors (Lipinski definition) is 6. The zero-order chi connectivity index (χ0) is 13.9. The van der Waals surface area contributed by atoms with Crippen molar-refractivity contribution in [3.8, 4) is 10.8 Å². The first kappa shape index (κ1) is 13.7. The van der Waals surface area contributed by atoms with E-state index >= 15 is 0 Å². The third-order valence-electron chi connectivity index (χ3n) is 3.91. The Labute approximate surface area is 122 Å². The molecule has 108 valence electrons. The van der Waals surface area contributed by atoms with Gasteiger partial charge in [0.05, 0.1) is 11.4 Å². The Morgan fingerprint density at radius 3 is 3.15 bits per heavy atom. The van der Waals surface area contributed by atoms with Gasteiger partial charge in [-0.3, -0.25) is 4.90 Å². The largest absolute Gasteiger partial charge is 0.419 e. The molecule has 1 aliphatic heterocycles. The Balaban J connectivity index is 1.68. The van der Waals surface area contributed by atoms with Crippen LogP contribution in [0.1, 0.15) is 25.7 Å². The average molecular weight is 292 g/mol. The quantitative estimate of drug-likeness (QED) is 0.937. The van der Waals surface area contributed by atoms with E-state index in [1.165, 1.54) is 6.42 Å². The lowest BCUT2D eigenvalue weighted by Crippen LogP contribution is -2.45. The second-order valence-electron chi connectivity index (χ2n) is 5.47. The summed E-state index contributed by atoms with van der Waals surface area (Å²) in [5.41, 5.74) is 5.89. The fraction of sp³-hybridized carbons (Fsp3) is 0.571. The van der Waals surface area contributed by atoms with Gasteiger partial charge in [0.15, 0.2) is 0 Å². The molecule has 0 amide bonds. The standard InChI is InChI=1S/C14H20N4OS/c1-10-4-5-18(11(7-10)8-15)9-13-16-17-14(19-13)12-3-2-6-20-12/h2-3,6,10-11H,4-5,7-9,15H2,1H3. The van der Waals surface area contributed by atoms with E-state index in [-0.39, 0.29) is 0 Å². The molecule has 3 rings (SSSR count). The molecule has 0 spiro atoms. The minimum absolute atomic E-state index is 0.427. The summed E-state index contributed by atoms with van der Waals surface area (Å²) in [6.07, 6.45) is 2.37. The Bertz CT molecular complexity index is 539. The van der Waals surface area contributed by atoms with Crippen molar-refractivity contribution >= 4 is 11.3 Å². The lowest BCUT2D eigenvalue weighted by atomic mass is 9.92. The van der Waals surface area contributed by atoms with Gasteiger partial charge in [-0.15, -0.1) is 21.5 Å². The maximum Gasteiger partial charge on any atom is 0.257 e. The van der Waals surface area contributed by atoms with E-state index in [1.54, 1.807) is 11.3 Å². The summed E-state index contributed by atoms with van der Waals surface area (Å²) in [7, 11) is 0. The second kappa shape index (κ2) is 6.03. The van der Waals surface area contributed by atoms with Crippen LogP contribution in [0.5, 0.6) is 0 Å². The normalized spacial score (nSPS) is 24.1. The van der Waals surface area contributed by atoms with Crippen LogP contribution in [0.4, 0.5) is 0 Å². The molecule has 2 aromatic rings. The third kappa shape index (κ3) is 2.92. The molecule has 2 aromatic heterocycles. The molecular formula is C14H20N4OS. The minimum atomic E-state index is 0.427. The first-order valence-electron chi connectivity index (χ1n) is 7.06. The lowest BCUT2D eigenvalue weighted by molar-refractivity contribution is 0.105. The topological polar surface area (TPSA) is 68.2 Å². The average Bonchev–Trinajstić information content (AvgIpc) is 3.11. The number of piperidine rings is 1. The Hall–Kier alpha value is -1.24. The molecule has 0 aromatic carbocycles. The minimum Gasteiger partial charge on any atom is -0.419 e. The summed E-state index contributed by atoms with van der Waals surface area (Å²) in [4.78, 5) is 3.39. The summed E-state index contributed by atoms with van der Waals surface area (Å²) >= 11 is 1.61. The zero-order valence-corrected chi connectivity index (χ0v) is 12.5. The Kier molecular flexibility index (Phi) is 4.14. The molecule has 0 saturated carbocycles. The second-order valence-corrected chi connectivity index (χ2v) is 6.42. The van der Waals surface area contributed by atoms with Crippen molar-refractivity contribution in [2.75, 3.05) is 13.1 Å². The van der Waals surface area contributed by atoms with Crippen molar-refractivity contribution in [1.82, 2.24) is 15.1 Å². The highest BCUT2D eigenvalue weighted by molar-refractivity contribution is 7.13. The van der Waals surface area contributed by atoms with Gasteiger partial charge in [-0.2, -0.15) is 0 Å². The highest BCUT2D eigenvalue weighted by Gasteiger charge is 2.26. The van der Waals surface area contributed by atoms with Crippen LogP contribution < -0.4 is 5.73 Å². The van der Waals surface area contributed by atoms with E-state index in [0.29, 0.717) is 30.9 Å². The monoisotopic (exact) mass is 292 g/mol. The molecule has 2 unspecified atom stereocenters. The Morgan fingerprint density at radius 1 is 1.50 bits per heavy atom. The smallest absolute Gasteiger partial charge is 0.257 e. The fourth-order valence-corrected chi connectivity index (χ4v) is 3.39. The molecule has 20 heavy (non-hydrogen) atoms. The summed E-state index contributed by atoms with van der Waals surface area (Å²) in [6.45, 7) is 4.74. The molecule has 3 heterocycles. The van der Waals surface area contributed by atoms with Crippen LogP contribution in [-0.2, 0) is 6.54 Å². The number of nitrogens with two attached hydrogens (primary N) is 1. The third-order valence-corrected chi connectivity index (χ3v) is 4.77. The molecule has 5 nitrogen and oxygen atoms in total. The van der Waals surface area contributed by atoms with Crippen LogP contribution in [0.3, 0.4) is 0 Å². The summed E-state index contributed by atoms with van der Waals surface area (Å²) < 4.78 is 5.76. The van der Waals surface area contributed by atoms with Crippen molar-refractivity contribution < 1.29 is 4.42 Å². The molecule has 6 heteroatoms. The summed E-state index contributed by atoms with van der Waals surface area (Å²) in [6, 6.07) is 4.41. The SMILES string of the molecule is CC1CCN(Cc2nnc(-c3cccs3)o2)C(CN)C1. The fourth-order valence-electron chi connectivity index (χ4n) is 2.74. The van der Waals surface area contributed by atoms with Gasteiger partial charge < -0.3 is 10.2 Å². The van der Waals surface area contributed by atoms with E-state index < -0.39 is 0 Å². The van der Waals surface area contributed by atoms with Crippen molar-refractivity contribution in [3.63, 3.8) is 0 Å². The molecule has 1 aliphatic rings. The Morgan fingerprint density at radius 2 is 2.40 bits per heavy atom. The van der Waals surface area contributed by atoms with E-state index in [9.17, 15) is 0 Å².